The first-order valence-corrected chi connectivity index (χ1v) is 11.9. The summed E-state index contributed by atoms with van der Waals surface area (Å²) in [7, 11) is -3.64. The lowest BCUT2D eigenvalue weighted by molar-refractivity contribution is 0.0940. The Hall–Kier alpha value is -2.83. The highest BCUT2D eigenvalue weighted by Crippen LogP contribution is 2.33. The largest absolute Gasteiger partial charge is 0.346 e. The molecule has 31 heavy (non-hydrogen) atoms. The summed E-state index contributed by atoms with van der Waals surface area (Å²) in [6.45, 7) is 4.18. The van der Waals surface area contributed by atoms with Gasteiger partial charge in [-0.15, -0.1) is 0 Å². The van der Waals surface area contributed by atoms with E-state index in [0.29, 0.717) is 29.2 Å². The molecule has 0 saturated heterocycles. The number of hydrogen-bond acceptors (Lipinski definition) is 3. The number of fused-ring (bicyclic) bond motifs is 1. The van der Waals surface area contributed by atoms with Gasteiger partial charge in [0.2, 0.25) is 0 Å². The van der Waals surface area contributed by atoms with Gasteiger partial charge in [0, 0.05) is 17.1 Å². The number of amides is 1. The maximum absolute atomic E-state index is 13.1. The number of nitrogens with zero attached hydrogens (tertiary/aromatic N) is 1. The molecule has 3 aromatic carbocycles. The van der Waals surface area contributed by atoms with E-state index in [4.69, 9.17) is 11.6 Å². The minimum atomic E-state index is -3.64. The summed E-state index contributed by atoms with van der Waals surface area (Å²) in [5.74, 6) is -0.204. The van der Waals surface area contributed by atoms with Crippen LogP contribution in [0.5, 0.6) is 0 Å². The number of anilines is 1. The average Bonchev–Trinajstić information content (AvgIpc) is 3.18. The zero-order chi connectivity index (χ0) is 22.2. The second-order valence-corrected chi connectivity index (χ2v) is 10.0. The fourth-order valence-corrected chi connectivity index (χ4v) is 5.34. The second kappa shape index (κ2) is 8.36. The van der Waals surface area contributed by atoms with Gasteiger partial charge in [0.05, 0.1) is 16.6 Å². The van der Waals surface area contributed by atoms with Gasteiger partial charge in [-0.2, -0.15) is 0 Å². The fourth-order valence-electron chi connectivity index (χ4n) is 3.71. The number of aryl methyl sites for hydroxylation is 1. The molecule has 0 radical (unpaired) electrons. The normalized spacial score (nSPS) is 14.2. The van der Waals surface area contributed by atoms with Crippen molar-refractivity contribution in [3.05, 3.63) is 94.0 Å². The first-order chi connectivity index (χ1) is 14.8. The molecule has 0 spiro atoms. The van der Waals surface area contributed by atoms with Crippen molar-refractivity contribution in [2.75, 3.05) is 10.8 Å². The van der Waals surface area contributed by atoms with Crippen LogP contribution in [-0.2, 0) is 16.4 Å². The molecule has 1 atom stereocenters. The van der Waals surface area contributed by atoms with E-state index < -0.39 is 10.0 Å². The van der Waals surface area contributed by atoms with Gasteiger partial charge in [0.15, 0.2) is 0 Å². The van der Waals surface area contributed by atoms with Crippen molar-refractivity contribution in [2.24, 2.45) is 0 Å². The molecule has 1 N–H and O–H groups in total. The van der Waals surface area contributed by atoms with Gasteiger partial charge in [-0.05, 0) is 73.9 Å². The first kappa shape index (κ1) is 21.4. The van der Waals surface area contributed by atoms with Crippen LogP contribution in [0.3, 0.4) is 0 Å². The molecule has 160 valence electrons. The van der Waals surface area contributed by atoms with Crippen molar-refractivity contribution in [1.29, 1.82) is 0 Å². The Morgan fingerprint density at radius 2 is 1.71 bits per heavy atom. The predicted octanol–water partition coefficient (Wildman–Crippen LogP) is 4.89. The summed E-state index contributed by atoms with van der Waals surface area (Å²) < 4.78 is 27.6. The maximum Gasteiger partial charge on any atom is 0.264 e. The second-order valence-electron chi connectivity index (χ2n) is 7.73. The minimum absolute atomic E-state index is 0.184. The first-order valence-electron chi connectivity index (χ1n) is 10.0. The molecule has 1 heterocycles. The van der Waals surface area contributed by atoms with E-state index in [1.165, 1.54) is 4.31 Å². The Labute approximate surface area is 187 Å². The maximum atomic E-state index is 13.1. The van der Waals surface area contributed by atoms with E-state index in [-0.39, 0.29) is 16.8 Å². The van der Waals surface area contributed by atoms with Gasteiger partial charge in [-0.1, -0.05) is 41.4 Å². The van der Waals surface area contributed by atoms with E-state index in [1.54, 1.807) is 54.6 Å². The number of hydrogen-bond donors (Lipinski definition) is 1. The number of sulfonamides is 1. The van der Waals surface area contributed by atoms with Crippen LogP contribution in [0.4, 0.5) is 5.69 Å². The van der Waals surface area contributed by atoms with Crippen LogP contribution in [-0.4, -0.2) is 20.9 Å². The zero-order valence-electron chi connectivity index (χ0n) is 17.3. The Morgan fingerprint density at radius 1 is 1.03 bits per heavy atom. The van der Waals surface area contributed by atoms with Crippen molar-refractivity contribution in [2.45, 2.75) is 31.2 Å². The monoisotopic (exact) mass is 454 g/mol. The fraction of sp³-hybridized carbons (Fsp3) is 0.208. The van der Waals surface area contributed by atoms with Gasteiger partial charge < -0.3 is 5.32 Å². The third-order valence-electron chi connectivity index (χ3n) is 5.52. The van der Waals surface area contributed by atoms with Crippen LogP contribution < -0.4 is 9.62 Å². The number of rotatable bonds is 5. The molecule has 0 bridgehead atoms. The van der Waals surface area contributed by atoms with Crippen molar-refractivity contribution < 1.29 is 13.2 Å². The standard InChI is InChI=1S/C24H23ClN2O3S/c1-16-3-10-22(11-4-16)31(29,30)27-14-13-19-15-20(7-12-23(19)27)24(28)26-17(2)18-5-8-21(25)9-6-18/h3-12,15,17H,13-14H2,1-2H3,(H,26,28)/t17-/m1/s1. The lowest BCUT2D eigenvalue weighted by Gasteiger charge is -2.20. The summed E-state index contributed by atoms with van der Waals surface area (Å²) in [6, 6.07) is 19.2. The minimum Gasteiger partial charge on any atom is -0.346 e. The predicted molar refractivity (Wildman–Crippen MR) is 123 cm³/mol. The number of nitrogens with one attached hydrogen (secondary N) is 1. The van der Waals surface area contributed by atoms with Crippen LogP contribution in [0.25, 0.3) is 0 Å². The quantitative estimate of drug-likeness (QED) is 0.596. The molecular formula is C24H23ClN2O3S. The third-order valence-corrected chi connectivity index (χ3v) is 7.60. The Bertz CT molecular complexity index is 1220. The Balaban J connectivity index is 1.53. The number of benzene rings is 3. The summed E-state index contributed by atoms with van der Waals surface area (Å²) >= 11 is 5.93. The van der Waals surface area contributed by atoms with Crippen molar-refractivity contribution >= 4 is 33.2 Å². The molecule has 3 aromatic rings. The Morgan fingerprint density at radius 3 is 2.39 bits per heavy atom. The molecule has 0 saturated carbocycles. The van der Waals surface area contributed by atoms with Gasteiger partial charge in [-0.25, -0.2) is 8.42 Å². The van der Waals surface area contributed by atoms with E-state index >= 15 is 0 Å². The van der Waals surface area contributed by atoms with Crippen LogP contribution in [0.15, 0.2) is 71.6 Å². The molecule has 5 nitrogen and oxygen atoms in total. The van der Waals surface area contributed by atoms with Gasteiger partial charge in [0.25, 0.3) is 15.9 Å². The lowest BCUT2D eigenvalue weighted by Crippen LogP contribution is -2.29. The van der Waals surface area contributed by atoms with Crippen molar-refractivity contribution in [3.63, 3.8) is 0 Å². The van der Waals surface area contributed by atoms with Crippen LogP contribution in [0, 0.1) is 6.92 Å². The van der Waals surface area contributed by atoms with E-state index in [0.717, 1.165) is 16.7 Å². The highest BCUT2D eigenvalue weighted by atomic mass is 35.5. The number of halogens is 1. The van der Waals surface area contributed by atoms with Gasteiger partial charge >= 0.3 is 0 Å². The molecule has 0 aromatic heterocycles. The van der Waals surface area contributed by atoms with Crippen molar-refractivity contribution in [1.82, 2.24) is 5.32 Å². The highest BCUT2D eigenvalue weighted by molar-refractivity contribution is 7.92. The molecule has 0 aliphatic carbocycles. The topological polar surface area (TPSA) is 66.5 Å². The molecule has 7 heteroatoms. The molecule has 1 aliphatic heterocycles. The molecule has 4 rings (SSSR count). The SMILES string of the molecule is Cc1ccc(S(=O)(=O)N2CCc3cc(C(=O)N[C@H](C)c4ccc(Cl)cc4)ccc32)cc1. The van der Waals surface area contributed by atoms with E-state index in [1.807, 2.05) is 26.0 Å². The molecule has 1 amide bonds. The number of carbonyl (C=O) groups is 1. The summed E-state index contributed by atoms with van der Waals surface area (Å²) in [4.78, 5) is 13.0. The van der Waals surface area contributed by atoms with Gasteiger partial charge in [0.1, 0.15) is 0 Å². The van der Waals surface area contributed by atoms with Crippen LogP contribution >= 0.6 is 11.6 Å². The lowest BCUT2D eigenvalue weighted by atomic mass is 10.1. The van der Waals surface area contributed by atoms with E-state index in [2.05, 4.69) is 5.32 Å². The van der Waals surface area contributed by atoms with Crippen LogP contribution in [0.1, 0.15) is 40.0 Å². The molecule has 0 fully saturated rings. The summed E-state index contributed by atoms with van der Waals surface area (Å²) in [5.41, 5.74) is 3.94. The molecular weight excluding hydrogens is 432 g/mol. The number of carbonyl (C=O) groups excluding carboxylic acids is 1. The smallest absolute Gasteiger partial charge is 0.264 e. The Kier molecular flexibility index (Phi) is 5.77. The molecule has 1 aliphatic rings. The zero-order valence-corrected chi connectivity index (χ0v) is 18.9. The van der Waals surface area contributed by atoms with E-state index in [9.17, 15) is 13.2 Å². The van der Waals surface area contributed by atoms with Crippen molar-refractivity contribution in [3.8, 4) is 0 Å². The van der Waals surface area contributed by atoms with Crippen LogP contribution in [0.2, 0.25) is 5.02 Å². The highest BCUT2D eigenvalue weighted by Gasteiger charge is 2.31. The third kappa shape index (κ3) is 4.31. The molecule has 0 unspecified atom stereocenters. The van der Waals surface area contributed by atoms with Gasteiger partial charge in [-0.3, -0.25) is 9.10 Å². The summed E-state index contributed by atoms with van der Waals surface area (Å²) in [5, 5.41) is 3.63. The summed E-state index contributed by atoms with van der Waals surface area (Å²) in [6.07, 6.45) is 0.564. The average molecular weight is 455 g/mol.